The molecule has 4 nitrogen and oxygen atoms in total. The molecule has 0 aliphatic carbocycles. The predicted molar refractivity (Wildman–Crippen MR) is 55.8 cm³/mol. The smallest absolute Gasteiger partial charge is 0.234 e. The Morgan fingerprint density at radius 2 is 2.00 bits per heavy atom. The third kappa shape index (κ3) is 5.93. The monoisotopic (exact) mass is 225 g/mol. The Kier molecular flexibility index (Phi) is 4.77. The van der Waals surface area contributed by atoms with E-state index in [-0.39, 0.29) is 23.5 Å². The van der Waals surface area contributed by atoms with Crippen LogP contribution in [0.4, 0.5) is 0 Å². The Labute approximate surface area is 84.6 Å². The van der Waals surface area contributed by atoms with E-state index in [4.69, 9.17) is 0 Å². The molecule has 0 aliphatic rings. The first-order valence-electron chi connectivity index (χ1n) is 3.85. The van der Waals surface area contributed by atoms with Gasteiger partial charge in [-0.15, -0.1) is 0 Å². The van der Waals surface area contributed by atoms with Gasteiger partial charge in [-0.05, 0) is 6.92 Å². The van der Waals surface area contributed by atoms with Crippen LogP contribution >= 0.6 is 12.6 Å². The number of nitrogens with zero attached hydrogens (tertiary/aromatic N) is 1. The van der Waals surface area contributed by atoms with Crippen molar-refractivity contribution in [1.82, 2.24) is 4.90 Å². The molecule has 0 bridgehead atoms. The van der Waals surface area contributed by atoms with Crippen molar-refractivity contribution < 1.29 is 13.2 Å². The van der Waals surface area contributed by atoms with Crippen LogP contribution in [0.3, 0.4) is 0 Å². The molecule has 6 heteroatoms. The summed E-state index contributed by atoms with van der Waals surface area (Å²) in [4.78, 5) is 12.6. The molecule has 13 heavy (non-hydrogen) atoms. The van der Waals surface area contributed by atoms with Gasteiger partial charge in [0.1, 0.15) is 9.84 Å². The first kappa shape index (κ1) is 12.8. The first-order valence-corrected chi connectivity index (χ1v) is 6.42. The largest absolute Gasteiger partial charge is 0.344 e. The standard InChI is InChI=1S/C7H15NO3S2/c1-6(12)7(9)8(2)4-5-13(3,10)11/h6,12H,4-5H2,1-3H3. The van der Waals surface area contributed by atoms with Crippen LogP contribution in [-0.4, -0.2) is 50.1 Å². The minimum Gasteiger partial charge on any atom is -0.344 e. The van der Waals surface area contributed by atoms with E-state index >= 15 is 0 Å². The fraction of sp³-hybridized carbons (Fsp3) is 0.857. The summed E-state index contributed by atoms with van der Waals surface area (Å²) in [5.74, 6) is -0.164. The third-order valence-corrected chi connectivity index (χ3v) is 2.68. The van der Waals surface area contributed by atoms with E-state index in [1.165, 1.54) is 4.90 Å². The molecule has 1 atom stereocenters. The van der Waals surface area contributed by atoms with Crippen LogP contribution in [0.25, 0.3) is 0 Å². The highest BCUT2D eigenvalue weighted by Gasteiger charge is 2.14. The molecule has 1 amide bonds. The van der Waals surface area contributed by atoms with Crippen molar-refractivity contribution in [2.45, 2.75) is 12.2 Å². The molecule has 0 aromatic carbocycles. The van der Waals surface area contributed by atoms with Gasteiger partial charge in [-0.2, -0.15) is 12.6 Å². The maximum absolute atomic E-state index is 11.2. The lowest BCUT2D eigenvalue weighted by Crippen LogP contribution is -2.35. The number of amides is 1. The maximum atomic E-state index is 11.2. The zero-order valence-corrected chi connectivity index (χ0v) is 9.73. The van der Waals surface area contributed by atoms with Gasteiger partial charge in [0.05, 0.1) is 11.0 Å². The number of rotatable bonds is 4. The van der Waals surface area contributed by atoms with Gasteiger partial charge in [-0.1, -0.05) is 0 Å². The van der Waals surface area contributed by atoms with Crippen LogP contribution in [0.1, 0.15) is 6.92 Å². The lowest BCUT2D eigenvalue weighted by molar-refractivity contribution is -0.128. The van der Waals surface area contributed by atoms with E-state index in [9.17, 15) is 13.2 Å². The van der Waals surface area contributed by atoms with E-state index in [0.717, 1.165) is 6.26 Å². The summed E-state index contributed by atoms with van der Waals surface area (Å²) >= 11 is 3.96. The van der Waals surface area contributed by atoms with Gasteiger partial charge < -0.3 is 4.90 Å². The second-order valence-corrected chi connectivity index (χ2v) is 6.10. The van der Waals surface area contributed by atoms with Crippen molar-refractivity contribution in [1.29, 1.82) is 0 Å². The molecule has 0 rings (SSSR count). The van der Waals surface area contributed by atoms with E-state index in [0.29, 0.717) is 0 Å². The Bertz CT molecular complexity index is 271. The van der Waals surface area contributed by atoms with Gasteiger partial charge in [0.25, 0.3) is 0 Å². The van der Waals surface area contributed by atoms with Gasteiger partial charge in [0.2, 0.25) is 5.91 Å². The summed E-state index contributed by atoms with van der Waals surface area (Å²) in [6.45, 7) is 1.88. The molecule has 0 heterocycles. The highest BCUT2D eigenvalue weighted by molar-refractivity contribution is 7.90. The zero-order valence-electron chi connectivity index (χ0n) is 8.02. The van der Waals surface area contributed by atoms with Crippen molar-refractivity contribution in [3.8, 4) is 0 Å². The molecule has 0 spiro atoms. The molecule has 1 unspecified atom stereocenters. The second kappa shape index (κ2) is 4.85. The highest BCUT2D eigenvalue weighted by atomic mass is 32.2. The summed E-state index contributed by atoms with van der Waals surface area (Å²) in [5, 5.41) is -0.385. The first-order chi connectivity index (χ1) is 5.74. The summed E-state index contributed by atoms with van der Waals surface area (Å²) < 4.78 is 21.5. The molecule has 0 aromatic rings. The van der Waals surface area contributed by atoms with Gasteiger partial charge in [-0.25, -0.2) is 8.42 Å². The second-order valence-electron chi connectivity index (χ2n) is 3.07. The van der Waals surface area contributed by atoms with Crippen LogP contribution in [0.15, 0.2) is 0 Å². The minimum absolute atomic E-state index is 0.00423. The Hall–Kier alpha value is -0.230. The van der Waals surface area contributed by atoms with Gasteiger partial charge in [0.15, 0.2) is 0 Å². The van der Waals surface area contributed by atoms with Crippen molar-refractivity contribution in [3.63, 3.8) is 0 Å². The molecule has 0 radical (unpaired) electrons. The van der Waals surface area contributed by atoms with Crippen LogP contribution in [-0.2, 0) is 14.6 Å². The molecule has 0 fully saturated rings. The van der Waals surface area contributed by atoms with Crippen molar-refractivity contribution in [3.05, 3.63) is 0 Å². The highest BCUT2D eigenvalue weighted by Crippen LogP contribution is 1.99. The fourth-order valence-corrected chi connectivity index (χ4v) is 1.53. The van der Waals surface area contributed by atoms with Crippen molar-refractivity contribution in [2.75, 3.05) is 25.6 Å². The lowest BCUT2D eigenvalue weighted by atomic mass is 10.4. The quantitative estimate of drug-likeness (QED) is 0.675. The molecule has 0 N–H and O–H groups in total. The Morgan fingerprint density at radius 1 is 1.54 bits per heavy atom. The summed E-state index contributed by atoms with van der Waals surface area (Å²) in [7, 11) is -1.43. The topological polar surface area (TPSA) is 54.5 Å². The van der Waals surface area contributed by atoms with Gasteiger partial charge in [-0.3, -0.25) is 4.79 Å². The Morgan fingerprint density at radius 3 is 2.31 bits per heavy atom. The maximum Gasteiger partial charge on any atom is 0.234 e. The van der Waals surface area contributed by atoms with Crippen molar-refractivity contribution in [2.24, 2.45) is 0 Å². The molecule has 0 aromatic heterocycles. The number of thiol groups is 1. The van der Waals surface area contributed by atoms with Gasteiger partial charge in [0, 0.05) is 19.8 Å². The summed E-state index contributed by atoms with van der Waals surface area (Å²) in [6.07, 6.45) is 1.15. The lowest BCUT2D eigenvalue weighted by Gasteiger charge is -2.18. The van der Waals surface area contributed by atoms with Gasteiger partial charge >= 0.3 is 0 Å². The van der Waals surface area contributed by atoms with Crippen LogP contribution < -0.4 is 0 Å². The molecule has 0 saturated heterocycles. The predicted octanol–water partition coefficient (Wildman–Crippen LogP) is -0.192. The molecule has 78 valence electrons. The number of carbonyl (C=O) groups is 1. The minimum atomic E-state index is -3.00. The number of hydrogen-bond donors (Lipinski definition) is 1. The van der Waals surface area contributed by atoms with E-state index in [2.05, 4.69) is 12.6 Å². The molecule has 0 aliphatic heterocycles. The van der Waals surface area contributed by atoms with Crippen molar-refractivity contribution >= 4 is 28.4 Å². The molecular formula is C7H15NO3S2. The third-order valence-electron chi connectivity index (χ3n) is 1.53. The summed E-state index contributed by atoms with van der Waals surface area (Å²) in [5.41, 5.74) is 0. The molecule has 0 saturated carbocycles. The van der Waals surface area contributed by atoms with E-state index < -0.39 is 9.84 Å². The number of sulfone groups is 1. The Balaban J connectivity index is 4.03. The van der Waals surface area contributed by atoms with Crippen LogP contribution in [0.5, 0.6) is 0 Å². The average Bonchev–Trinajstić information content (AvgIpc) is 1.97. The number of hydrogen-bond acceptors (Lipinski definition) is 4. The molecular weight excluding hydrogens is 210 g/mol. The van der Waals surface area contributed by atoms with E-state index in [1.54, 1.807) is 14.0 Å². The van der Waals surface area contributed by atoms with Crippen LogP contribution in [0, 0.1) is 0 Å². The summed E-state index contributed by atoms with van der Waals surface area (Å²) in [6, 6.07) is 0. The average molecular weight is 225 g/mol. The normalized spacial score (nSPS) is 13.8. The fourth-order valence-electron chi connectivity index (χ4n) is 0.732. The SMILES string of the molecule is CC(S)C(=O)N(C)CCS(C)(=O)=O. The zero-order chi connectivity index (χ0) is 10.6. The van der Waals surface area contributed by atoms with E-state index in [1.807, 2.05) is 0 Å². The van der Waals surface area contributed by atoms with Crippen LogP contribution in [0.2, 0.25) is 0 Å². The number of carbonyl (C=O) groups excluding carboxylic acids is 1.